The maximum Gasteiger partial charge on any atom is 0.237 e. The van der Waals surface area contributed by atoms with Gasteiger partial charge in [-0.15, -0.1) is 5.53 Å². The molecule has 2 fully saturated rings. The summed E-state index contributed by atoms with van der Waals surface area (Å²) in [5.41, 5.74) is 6.91. The van der Waals surface area contributed by atoms with Gasteiger partial charge in [0.2, 0.25) is 5.88 Å². The first-order chi connectivity index (χ1) is 10.0. The number of hydrogen-bond donors (Lipinski definition) is 6. The first-order valence-electron chi connectivity index (χ1n) is 7.13. The summed E-state index contributed by atoms with van der Waals surface area (Å²) in [5.74, 6) is -0.00563. The molecule has 9 heteroatoms. The minimum absolute atomic E-state index is 0.00562. The molecule has 3 aliphatic heterocycles. The van der Waals surface area contributed by atoms with E-state index in [1.54, 1.807) is 11.5 Å². The largest absolute Gasteiger partial charge is 0.492 e. The fourth-order valence-corrected chi connectivity index (χ4v) is 3.28. The maximum absolute atomic E-state index is 10.1. The molecular weight excluding hydrogens is 294 g/mol. The fourth-order valence-electron chi connectivity index (χ4n) is 2.93. The number of aliphatic hydroxyl groups excluding tert-OH is 3. The van der Waals surface area contributed by atoms with Gasteiger partial charge in [0, 0.05) is 11.7 Å². The molecule has 118 valence electrons. The van der Waals surface area contributed by atoms with Crippen molar-refractivity contribution in [3.63, 3.8) is 0 Å². The number of nitrogens with zero attached hydrogens (tertiary/aromatic N) is 3. The van der Waals surface area contributed by atoms with Crippen molar-refractivity contribution >= 4 is 19.0 Å². The first-order valence-corrected chi connectivity index (χ1v) is 7.65. The van der Waals surface area contributed by atoms with Crippen LogP contribution in [0, 0.1) is 0 Å². The molecular formula is C12H21N5O3S. The highest BCUT2D eigenvalue weighted by Crippen LogP contribution is 2.35. The Bertz CT molecular complexity index is 474. The van der Waals surface area contributed by atoms with Crippen molar-refractivity contribution in [2.45, 2.75) is 55.7 Å². The predicted octanol–water partition coefficient (Wildman–Crippen LogP) is -0.742. The zero-order chi connectivity index (χ0) is 15.1. The van der Waals surface area contributed by atoms with Crippen molar-refractivity contribution in [2.75, 3.05) is 0 Å². The minimum Gasteiger partial charge on any atom is -0.492 e. The number of thiol groups is 1. The molecule has 3 unspecified atom stereocenters. The molecule has 0 saturated carbocycles. The quantitative estimate of drug-likeness (QED) is 0.359. The first kappa shape index (κ1) is 14.9. The summed E-state index contributed by atoms with van der Waals surface area (Å²) in [6, 6.07) is -0.0634. The van der Waals surface area contributed by atoms with Gasteiger partial charge < -0.3 is 15.3 Å². The number of aliphatic hydroxyl groups is 3. The number of rotatable bonds is 6. The second-order valence-corrected chi connectivity index (χ2v) is 6.31. The van der Waals surface area contributed by atoms with Crippen LogP contribution in [0.15, 0.2) is 16.6 Å². The highest BCUT2D eigenvalue weighted by molar-refractivity contribution is 7.81. The lowest BCUT2D eigenvalue weighted by atomic mass is 9.97. The molecule has 3 aliphatic rings. The van der Waals surface area contributed by atoms with E-state index in [-0.39, 0.29) is 23.2 Å². The van der Waals surface area contributed by atoms with E-state index in [1.807, 2.05) is 11.9 Å². The SMILES string of the molecule is CCC(O)C[C@@H](O)[C@@H](S)CC1NN2NN3C=NC(O)=C2C13. The maximum atomic E-state index is 10.1. The zero-order valence-corrected chi connectivity index (χ0v) is 12.6. The molecule has 2 saturated heterocycles. The summed E-state index contributed by atoms with van der Waals surface area (Å²) in [4.78, 5) is 3.88. The number of hydrogen-bond acceptors (Lipinski definition) is 9. The van der Waals surface area contributed by atoms with Crippen LogP contribution in [0.3, 0.4) is 0 Å². The van der Waals surface area contributed by atoms with Crippen molar-refractivity contribution in [3.8, 4) is 0 Å². The van der Waals surface area contributed by atoms with Gasteiger partial charge in [-0.2, -0.15) is 12.6 Å². The second-order valence-electron chi connectivity index (χ2n) is 5.64. The molecule has 0 aliphatic carbocycles. The normalized spacial score (nSPS) is 31.0. The van der Waals surface area contributed by atoms with Gasteiger partial charge in [-0.05, 0) is 12.8 Å². The Balaban J connectivity index is 1.62. The summed E-state index contributed by atoms with van der Waals surface area (Å²) in [5, 5.41) is 32.7. The number of aliphatic imine (C=N–C) groups is 1. The van der Waals surface area contributed by atoms with E-state index >= 15 is 0 Å². The van der Waals surface area contributed by atoms with Crippen LogP contribution in [0.5, 0.6) is 0 Å². The van der Waals surface area contributed by atoms with Crippen molar-refractivity contribution < 1.29 is 15.3 Å². The molecule has 21 heavy (non-hydrogen) atoms. The van der Waals surface area contributed by atoms with Crippen LogP contribution in [0.4, 0.5) is 0 Å². The molecule has 5 N–H and O–H groups in total. The predicted molar refractivity (Wildman–Crippen MR) is 80.0 cm³/mol. The van der Waals surface area contributed by atoms with Crippen molar-refractivity contribution in [1.82, 2.24) is 21.1 Å². The molecule has 0 radical (unpaired) electrons. The van der Waals surface area contributed by atoms with E-state index in [0.717, 1.165) is 0 Å². The summed E-state index contributed by atoms with van der Waals surface area (Å²) >= 11 is 4.47. The van der Waals surface area contributed by atoms with Crippen LogP contribution in [-0.2, 0) is 0 Å². The van der Waals surface area contributed by atoms with Gasteiger partial charge in [-0.25, -0.2) is 15.5 Å². The summed E-state index contributed by atoms with van der Waals surface area (Å²) in [6.07, 6.45) is 1.91. The molecule has 8 nitrogen and oxygen atoms in total. The Morgan fingerprint density at radius 1 is 1.48 bits per heavy atom. The molecule has 0 aromatic carbocycles. The summed E-state index contributed by atoms with van der Waals surface area (Å²) < 4.78 is 0. The molecule has 5 atom stereocenters. The van der Waals surface area contributed by atoms with Crippen LogP contribution in [0.1, 0.15) is 26.2 Å². The van der Waals surface area contributed by atoms with Gasteiger partial charge in [0.15, 0.2) is 0 Å². The topological polar surface area (TPSA) is 104 Å². The fraction of sp³-hybridized carbons (Fsp3) is 0.750. The van der Waals surface area contributed by atoms with E-state index < -0.39 is 12.2 Å². The molecule has 3 rings (SSSR count). The van der Waals surface area contributed by atoms with Crippen molar-refractivity contribution in [2.24, 2.45) is 4.99 Å². The Morgan fingerprint density at radius 2 is 2.24 bits per heavy atom. The second kappa shape index (κ2) is 5.65. The Kier molecular flexibility index (Phi) is 4.02. The molecule has 3 heterocycles. The minimum atomic E-state index is -0.668. The highest BCUT2D eigenvalue weighted by atomic mass is 32.1. The lowest BCUT2D eigenvalue weighted by Crippen LogP contribution is -2.59. The van der Waals surface area contributed by atoms with E-state index in [4.69, 9.17) is 0 Å². The third kappa shape index (κ3) is 2.59. The lowest BCUT2D eigenvalue weighted by Gasteiger charge is -2.33. The average Bonchev–Trinajstić information content (AvgIpc) is 2.94. The van der Waals surface area contributed by atoms with Crippen LogP contribution in [0.25, 0.3) is 0 Å². The van der Waals surface area contributed by atoms with Crippen molar-refractivity contribution in [1.29, 1.82) is 0 Å². The molecule has 4 bridgehead atoms. The summed E-state index contributed by atoms with van der Waals surface area (Å²) in [6.45, 7) is 1.88. The van der Waals surface area contributed by atoms with Gasteiger partial charge in [-0.3, -0.25) is 5.01 Å². The van der Waals surface area contributed by atoms with Gasteiger partial charge in [-0.1, -0.05) is 6.92 Å². The number of hydrazine groups is 3. The van der Waals surface area contributed by atoms with Crippen LogP contribution < -0.4 is 11.0 Å². The van der Waals surface area contributed by atoms with Crippen LogP contribution in [-0.4, -0.2) is 61.3 Å². The van der Waals surface area contributed by atoms with E-state index in [0.29, 0.717) is 25.0 Å². The van der Waals surface area contributed by atoms with E-state index in [2.05, 4.69) is 28.6 Å². The van der Waals surface area contributed by atoms with Gasteiger partial charge in [0.05, 0.1) is 18.2 Å². The highest BCUT2D eigenvalue weighted by Gasteiger charge is 2.51. The van der Waals surface area contributed by atoms with Crippen LogP contribution >= 0.6 is 12.6 Å². The molecule has 0 aromatic heterocycles. The van der Waals surface area contributed by atoms with Crippen LogP contribution in [0.2, 0.25) is 0 Å². The lowest BCUT2D eigenvalue weighted by molar-refractivity contribution is 0.0465. The van der Waals surface area contributed by atoms with Gasteiger partial charge >= 0.3 is 0 Å². The smallest absolute Gasteiger partial charge is 0.237 e. The number of nitrogens with one attached hydrogen (secondary N) is 2. The molecule has 0 aromatic rings. The van der Waals surface area contributed by atoms with E-state index in [1.165, 1.54) is 0 Å². The third-order valence-electron chi connectivity index (χ3n) is 4.17. The third-order valence-corrected chi connectivity index (χ3v) is 4.73. The Morgan fingerprint density at radius 3 is 2.95 bits per heavy atom. The van der Waals surface area contributed by atoms with E-state index in [9.17, 15) is 15.3 Å². The Labute approximate surface area is 128 Å². The molecule has 0 amide bonds. The molecule has 0 spiro atoms. The Hall–Kier alpha value is -1.00. The average molecular weight is 315 g/mol. The zero-order valence-electron chi connectivity index (χ0n) is 11.7. The monoisotopic (exact) mass is 315 g/mol. The van der Waals surface area contributed by atoms with Gasteiger partial charge in [0.25, 0.3) is 0 Å². The van der Waals surface area contributed by atoms with Gasteiger partial charge in [0.1, 0.15) is 18.1 Å². The summed E-state index contributed by atoms with van der Waals surface area (Å²) in [7, 11) is 0. The van der Waals surface area contributed by atoms with Crippen molar-refractivity contribution in [3.05, 3.63) is 11.6 Å². The standard InChI is InChI=1S/C12H21N5O3S/c1-2-6(18)3-8(19)9(21)4-7-10-11-12(20)13-5-16(10)15-17(11)14-7/h5-10,14-15,18-21H,2-4H2,1H3/t6?,7?,8-,9+,10?/m1/s1.